The molecule has 0 rings (SSSR count). The van der Waals surface area contributed by atoms with Crippen LogP contribution in [0.25, 0.3) is 0 Å². The van der Waals surface area contributed by atoms with Crippen LogP contribution in [0.15, 0.2) is 0 Å². The van der Waals surface area contributed by atoms with Crippen LogP contribution in [0.4, 0.5) is 0 Å². The van der Waals surface area contributed by atoms with Gasteiger partial charge in [0, 0.05) is 0 Å². The second kappa shape index (κ2) is 2.43. The maximum absolute atomic E-state index is 16.7. The van der Waals surface area contributed by atoms with Gasteiger partial charge in [-0.2, -0.15) is 0 Å². The molecule has 20 heteroatoms. The molecule has 137 valence electrons. The van der Waals surface area contributed by atoms with Crippen LogP contribution < -0.4 is 0 Å². The molecule has 0 aliphatic heterocycles. The van der Waals surface area contributed by atoms with Crippen molar-refractivity contribution in [2.24, 2.45) is 0 Å². The van der Waals surface area contributed by atoms with Crippen molar-refractivity contribution < 1.29 is 92.7 Å². The Morgan fingerprint density at radius 1 is 0.250 bits per heavy atom. The van der Waals surface area contributed by atoms with Gasteiger partial charge in [0.25, 0.3) is 0 Å². The summed E-state index contributed by atoms with van der Waals surface area (Å²) in [6.07, 6.45) is 0. The molecule has 18 N–H and O–H groups in total. The van der Waals surface area contributed by atoms with Crippen LogP contribution in [0.1, 0.15) is 0 Å². The normalized spacial score (nSPS) is 11.0. The molecule has 0 fully saturated rings. The van der Waals surface area contributed by atoms with Crippen molar-refractivity contribution in [3.8, 4) is 0 Å². The standard InChI is InChI=1S/9H2O.10O.V/h9*1H2;;;;;;;;;;;. The summed E-state index contributed by atoms with van der Waals surface area (Å²) in [5.41, 5.74) is 0. The van der Waals surface area contributed by atoms with E-state index in [-0.39, 0.29) is 49.3 Å². The fourth-order valence-corrected chi connectivity index (χ4v) is 0. The Hall–Kier alpha value is -1.78. The molecule has 0 aromatic heterocycles. The molecule has 0 atom stereocenters. The van der Waals surface area contributed by atoms with Gasteiger partial charge in [-0.05, 0) is 0 Å². The van der Waals surface area contributed by atoms with Gasteiger partial charge in [-0.3, -0.25) is 0 Å². The number of hydrogen-bond donors (Lipinski definition) is 0. The van der Waals surface area contributed by atoms with Crippen LogP contribution in [0.2, 0.25) is 0 Å². The Morgan fingerprint density at radius 2 is 0.250 bits per heavy atom. The second-order valence-corrected chi connectivity index (χ2v) is 13.8. The summed E-state index contributed by atoms with van der Waals surface area (Å²) in [6, 6.07) is 0. The van der Waals surface area contributed by atoms with Crippen LogP contribution in [0, 0.1) is 0 Å². The third-order valence-electron chi connectivity index (χ3n) is 0. The van der Waals surface area contributed by atoms with Gasteiger partial charge in [0.15, 0.2) is 0 Å². The van der Waals surface area contributed by atoms with E-state index in [4.69, 9.17) is 36.7 Å². The van der Waals surface area contributed by atoms with E-state index < -0.39 is 6.69 Å². The average Bonchev–Trinajstić information content (AvgIpc) is 0.439. The molecule has 0 heterocycles. The van der Waals surface area contributed by atoms with Crippen LogP contribution in [-0.4, -0.2) is 49.3 Å². The minimum absolute atomic E-state index is 0. The molecule has 19 nitrogen and oxygen atoms in total. The molecular weight excluding hydrogens is 355 g/mol. The van der Waals surface area contributed by atoms with Crippen LogP contribution in [0.5, 0.6) is 0 Å². The van der Waals surface area contributed by atoms with Crippen molar-refractivity contribution in [1.29, 1.82) is 0 Å². The zero-order valence-corrected chi connectivity index (χ0v) is 10.4. The topological polar surface area (TPSA) is 454 Å². The maximum atomic E-state index is 8.69. The summed E-state index contributed by atoms with van der Waals surface area (Å²) in [5, 5.41) is 0. The van der Waals surface area contributed by atoms with Crippen molar-refractivity contribution in [3.05, 3.63) is 0 Å². The predicted octanol–water partition coefficient (Wildman–Crippen LogP) is -8.61. The summed E-state index contributed by atoms with van der Waals surface area (Å²) in [6.45, 7) is -16.7. The summed E-state index contributed by atoms with van der Waals surface area (Å²) >= 11 is 0. The first-order valence-electron chi connectivity index (χ1n) is 1.83. The van der Waals surface area contributed by atoms with E-state index in [2.05, 4.69) is 0 Å². The van der Waals surface area contributed by atoms with E-state index in [1.54, 1.807) is 0 Å². The quantitative estimate of drug-likeness (QED) is 0.385. The first kappa shape index (κ1) is 79.9. The monoisotopic (exact) mass is 373 g/mol. The van der Waals surface area contributed by atoms with Crippen LogP contribution in [0.3, 0.4) is 0 Å². The molecule has 0 amide bonds. The Morgan fingerprint density at radius 3 is 0.250 bits per heavy atom. The molecular formula is H18O19V. The van der Waals surface area contributed by atoms with Crippen molar-refractivity contribution >= 4 is 0 Å². The molecule has 0 aliphatic rings. The Labute approximate surface area is 93.6 Å². The number of hydrogen-bond acceptors (Lipinski definition) is 10. The molecule has 0 spiro atoms. The SMILES string of the molecule is O.O.O.O.O.O.O.O.O.[O]=[V](=[O])(=[O])(=[O])(=[O])(=[O])(=[O])(=[O])(=[O])=[O]. The average molecular weight is 373 g/mol. The first-order chi connectivity index (χ1) is 3.16. The Kier molecular flexibility index (Phi) is 9.70. The molecule has 20 heavy (non-hydrogen) atoms. The van der Waals surface area contributed by atoms with E-state index in [9.17, 15) is 0 Å². The predicted molar refractivity (Wildman–Crippen MR) is 39.4 cm³/mol. The van der Waals surface area contributed by atoms with Crippen molar-refractivity contribution in [3.63, 3.8) is 0 Å². The van der Waals surface area contributed by atoms with Crippen LogP contribution >= 0.6 is 0 Å². The van der Waals surface area contributed by atoms with Gasteiger partial charge in [-0.1, -0.05) is 0 Å². The van der Waals surface area contributed by atoms with E-state index in [0.29, 0.717) is 0 Å². The summed E-state index contributed by atoms with van der Waals surface area (Å²) < 4.78 is 86.9. The van der Waals surface area contributed by atoms with Gasteiger partial charge in [-0.15, -0.1) is 0 Å². The zero-order chi connectivity index (χ0) is 10.3. The summed E-state index contributed by atoms with van der Waals surface area (Å²) in [7, 11) is 0. The van der Waals surface area contributed by atoms with Crippen LogP contribution in [-0.2, 0) is 43.4 Å². The first-order valence-corrected chi connectivity index (χ1v) is 7.53. The molecule has 0 unspecified atom stereocenters. The van der Waals surface area contributed by atoms with E-state index in [1.807, 2.05) is 0 Å². The molecule has 0 saturated carbocycles. The van der Waals surface area contributed by atoms with Gasteiger partial charge in [0.05, 0.1) is 0 Å². The minimum atomic E-state index is -16.7. The van der Waals surface area contributed by atoms with Crippen molar-refractivity contribution in [1.82, 2.24) is 0 Å². The van der Waals surface area contributed by atoms with E-state index in [1.165, 1.54) is 0 Å². The fraction of sp³-hybridized carbons (Fsp3) is 0. The molecule has 0 bridgehead atoms. The molecule has 0 saturated heterocycles. The van der Waals surface area contributed by atoms with E-state index >= 15 is 0 Å². The van der Waals surface area contributed by atoms with Gasteiger partial charge in [-0.25, -0.2) is 0 Å². The Balaban J connectivity index is -0.0000000139. The third-order valence-corrected chi connectivity index (χ3v) is 0. The van der Waals surface area contributed by atoms with Crippen molar-refractivity contribution in [2.75, 3.05) is 0 Å². The number of rotatable bonds is 0. The second-order valence-electron chi connectivity index (χ2n) is 3.35. The van der Waals surface area contributed by atoms with E-state index in [0.717, 1.165) is 0 Å². The zero-order valence-electron chi connectivity index (χ0n) is 9.03. The molecule has 0 aromatic rings. The Bertz CT molecular complexity index is 1500. The molecule has 0 aliphatic carbocycles. The fourth-order valence-electron chi connectivity index (χ4n) is 0. The van der Waals surface area contributed by atoms with Gasteiger partial charge < -0.3 is 49.3 Å². The molecule has 0 radical (unpaired) electrons. The van der Waals surface area contributed by atoms with Crippen molar-refractivity contribution in [2.45, 2.75) is 0 Å². The summed E-state index contributed by atoms with van der Waals surface area (Å²) in [4.78, 5) is 0. The summed E-state index contributed by atoms with van der Waals surface area (Å²) in [5.74, 6) is 0. The third kappa shape index (κ3) is 1190. The van der Waals surface area contributed by atoms with Gasteiger partial charge >= 0.3 is 43.4 Å². The van der Waals surface area contributed by atoms with Gasteiger partial charge in [0.2, 0.25) is 0 Å². The molecule has 0 aromatic carbocycles. The van der Waals surface area contributed by atoms with Gasteiger partial charge in [0.1, 0.15) is 0 Å².